The van der Waals surface area contributed by atoms with E-state index >= 15 is 0 Å². The molecule has 2 N–H and O–H groups in total. The quantitative estimate of drug-likeness (QED) is 0.825. The van der Waals surface area contributed by atoms with Crippen molar-refractivity contribution in [3.63, 3.8) is 0 Å². The van der Waals surface area contributed by atoms with E-state index in [4.69, 9.17) is 0 Å². The average Bonchev–Trinajstić information content (AvgIpc) is 2.53. The number of halogens is 1. The van der Waals surface area contributed by atoms with E-state index < -0.39 is 12.2 Å². The van der Waals surface area contributed by atoms with E-state index in [1.54, 1.807) is 24.5 Å². The molecule has 2 rings (SSSR count). The lowest BCUT2D eigenvalue weighted by molar-refractivity contribution is 0.0971. The van der Waals surface area contributed by atoms with E-state index in [9.17, 15) is 15.0 Å². The Morgan fingerprint density at radius 1 is 1.27 bits per heavy atom. The van der Waals surface area contributed by atoms with Gasteiger partial charge in [0, 0.05) is 29.0 Å². The molecule has 0 saturated heterocycles. The number of hydrogen-bond donors (Lipinski definition) is 2. The summed E-state index contributed by atoms with van der Waals surface area (Å²) >= 11 is 3.36. The fourth-order valence-electron chi connectivity index (χ4n) is 2.07. The molecule has 2 aromatic rings. The molecule has 0 aliphatic carbocycles. The summed E-state index contributed by atoms with van der Waals surface area (Å²) in [6, 6.07) is 11.2. The summed E-state index contributed by atoms with van der Waals surface area (Å²) in [5.41, 5.74) is 1.66. The molecule has 1 heterocycles. The first-order chi connectivity index (χ1) is 10.6. The van der Waals surface area contributed by atoms with Gasteiger partial charge >= 0.3 is 6.09 Å². The third-order valence-electron chi connectivity index (χ3n) is 3.32. The fourth-order valence-corrected chi connectivity index (χ4v) is 2.33. The number of benzene rings is 1. The number of amides is 1. The summed E-state index contributed by atoms with van der Waals surface area (Å²) in [6.07, 6.45) is 1.83. The van der Waals surface area contributed by atoms with E-state index in [1.165, 1.54) is 4.90 Å². The number of pyridine rings is 1. The van der Waals surface area contributed by atoms with Gasteiger partial charge in [0.25, 0.3) is 0 Å². The molecule has 0 aliphatic rings. The van der Waals surface area contributed by atoms with Gasteiger partial charge in [-0.3, -0.25) is 4.98 Å². The molecule has 1 aromatic heterocycles. The molecule has 0 radical (unpaired) electrons. The molecular weight excluding hydrogens is 348 g/mol. The van der Waals surface area contributed by atoms with Crippen molar-refractivity contribution in [1.82, 2.24) is 9.88 Å². The lowest BCUT2D eigenvalue weighted by Crippen LogP contribution is -2.35. The molecule has 22 heavy (non-hydrogen) atoms. The lowest BCUT2D eigenvalue weighted by atomic mass is 10.1. The Hall–Kier alpha value is -1.92. The van der Waals surface area contributed by atoms with Gasteiger partial charge in [-0.15, -0.1) is 0 Å². The molecule has 5 nitrogen and oxygen atoms in total. The van der Waals surface area contributed by atoms with Crippen molar-refractivity contribution < 1.29 is 15.0 Å². The highest BCUT2D eigenvalue weighted by Crippen LogP contribution is 2.14. The van der Waals surface area contributed by atoms with E-state index in [-0.39, 0.29) is 6.54 Å². The highest BCUT2D eigenvalue weighted by molar-refractivity contribution is 9.10. The van der Waals surface area contributed by atoms with Gasteiger partial charge in [-0.1, -0.05) is 34.1 Å². The van der Waals surface area contributed by atoms with Gasteiger partial charge in [-0.2, -0.15) is 0 Å². The van der Waals surface area contributed by atoms with E-state index in [0.29, 0.717) is 18.5 Å². The molecule has 1 atom stereocenters. The van der Waals surface area contributed by atoms with Gasteiger partial charge in [0.2, 0.25) is 0 Å². The van der Waals surface area contributed by atoms with Crippen molar-refractivity contribution in [3.05, 3.63) is 64.4 Å². The number of hydrogen-bond acceptors (Lipinski definition) is 3. The molecule has 0 unspecified atom stereocenters. The van der Waals surface area contributed by atoms with Crippen LogP contribution < -0.4 is 0 Å². The van der Waals surface area contributed by atoms with Crippen LogP contribution in [0.5, 0.6) is 0 Å². The summed E-state index contributed by atoms with van der Waals surface area (Å²) < 4.78 is 0.985. The minimum atomic E-state index is -1.04. The Morgan fingerprint density at radius 2 is 2.00 bits per heavy atom. The van der Waals surface area contributed by atoms with Crippen LogP contribution in [0.4, 0.5) is 4.79 Å². The Kier molecular flexibility index (Phi) is 5.91. The second-order valence-corrected chi connectivity index (χ2v) is 5.82. The highest BCUT2D eigenvalue weighted by atomic mass is 79.9. The molecule has 0 saturated carbocycles. The highest BCUT2D eigenvalue weighted by Gasteiger charge is 2.17. The Balaban J connectivity index is 1.95. The number of aliphatic hydroxyl groups is 1. The van der Waals surface area contributed by atoms with Crippen LogP contribution in [0.2, 0.25) is 0 Å². The first-order valence-electron chi connectivity index (χ1n) is 6.86. The topological polar surface area (TPSA) is 73.7 Å². The van der Waals surface area contributed by atoms with Crippen LogP contribution in [0.1, 0.15) is 17.2 Å². The zero-order valence-electron chi connectivity index (χ0n) is 11.9. The van der Waals surface area contributed by atoms with E-state index in [0.717, 1.165) is 10.0 Å². The van der Waals surface area contributed by atoms with Crippen molar-refractivity contribution in [2.24, 2.45) is 0 Å². The lowest BCUT2D eigenvalue weighted by Gasteiger charge is -2.22. The Bertz CT molecular complexity index is 605. The van der Waals surface area contributed by atoms with Gasteiger partial charge < -0.3 is 15.1 Å². The van der Waals surface area contributed by atoms with Crippen molar-refractivity contribution in [1.29, 1.82) is 0 Å². The molecule has 0 spiro atoms. The first kappa shape index (κ1) is 16.5. The van der Waals surface area contributed by atoms with Crippen molar-refractivity contribution in [3.8, 4) is 0 Å². The summed E-state index contributed by atoms with van der Waals surface area (Å²) in [4.78, 5) is 16.5. The summed E-state index contributed by atoms with van der Waals surface area (Å²) in [5, 5.41) is 19.4. The Labute approximate surface area is 137 Å². The SMILES string of the molecule is O=C(O)N(CCc1ccc(Br)cc1)C[C@H](O)c1cccnc1. The Morgan fingerprint density at radius 3 is 2.59 bits per heavy atom. The normalized spacial score (nSPS) is 11.9. The summed E-state index contributed by atoms with van der Waals surface area (Å²) in [5.74, 6) is 0. The molecule has 0 fully saturated rings. The van der Waals surface area contributed by atoms with Crippen LogP contribution in [-0.4, -0.2) is 39.3 Å². The molecule has 116 valence electrons. The first-order valence-corrected chi connectivity index (χ1v) is 7.66. The monoisotopic (exact) mass is 364 g/mol. The second kappa shape index (κ2) is 7.91. The van der Waals surface area contributed by atoms with Gasteiger partial charge in [0.1, 0.15) is 0 Å². The van der Waals surface area contributed by atoms with E-state index in [1.807, 2.05) is 24.3 Å². The number of rotatable bonds is 6. The zero-order valence-corrected chi connectivity index (χ0v) is 13.5. The van der Waals surface area contributed by atoms with Crippen LogP contribution in [0.15, 0.2) is 53.3 Å². The zero-order chi connectivity index (χ0) is 15.9. The van der Waals surface area contributed by atoms with Gasteiger partial charge in [-0.25, -0.2) is 4.79 Å². The third kappa shape index (κ3) is 4.82. The third-order valence-corrected chi connectivity index (χ3v) is 3.85. The summed E-state index contributed by atoms with van der Waals surface area (Å²) in [7, 11) is 0. The maximum Gasteiger partial charge on any atom is 0.407 e. The van der Waals surface area contributed by atoms with Crippen LogP contribution in [-0.2, 0) is 6.42 Å². The summed E-state index contributed by atoms with van der Waals surface area (Å²) in [6.45, 7) is 0.353. The molecule has 0 bridgehead atoms. The van der Waals surface area contributed by atoms with Crippen molar-refractivity contribution in [2.75, 3.05) is 13.1 Å². The molecule has 6 heteroatoms. The maximum atomic E-state index is 11.3. The number of aliphatic hydroxyl groups excluding tert-OH is 1. The minimum Gasteiger partial charge on any atom is -0.465 e. The fraction of sp³-hybridized carbons (Fsp3) is 0.250. The average molecular weight is 365 g/mol. The van der Waals surface area contributed by atoms with Gasteiger partial charge in [-0.05, 0) is 30.2 Å². The number of nitrogens with zero attached hydrogens (tertiary/aromatic N) is 2. The smallest absolute Gasteiger partial charge is 0.407 e. The molecule has 1 aromatic carbocycles. The maximum absolute atomic E-state index is 11.3. The molecule has 1 amide bonds. The van der Waals surface area contributed by atoms with Gasteiger partial charge in [0.05, 0.1) is 12.6 Å². The second-order valence-electron chi connectivity index (χ2n) is 4.91. The van der Waals surface area contributed by atoms with Crippen LogP contribution in [0.3, 0.4) is 0 Å². The minimum absolute atomic E-state index is 0.0254. The van der Waals surface area contributed by atoms with Gasteiger partial charge in [0.15, 0.2) is 0 Å². The molecule has 0 aliphatic heterocycles. The van der Waals surface area contributed by atoms with Crippen LogP contribution in [0, 0.1) is 0 Å². The number of aromatic nitrogens is 1. The number of carboxylic acid groups (broad SMARTS) is 1. The largest absolute Gasteiger partial charge is 0.465 e. The van der Waals surface area contributed by atoms with Crippen molar-refractivity contribution >= 4 is 22.0 Å². The standard InChI is InChI=1S/C16H17BrN2O3/c17-14-5-3-12(4-6-14)7-9-19(16(21)22)11-15(20)13-2-1-8-18-10-13/h1-6,8,10,15,20H,7,9,11H2,(H,21,22)/t15-/m0/s1. The van der Waals surface area contributed by atoms with E-state index in [2.05, 4.69) is 20.9 Å². The van der Waals surface area contributed by atoms with Crippen LogP contribution in [0.25, 0.3) is 0 Å². The van der Waals surface area contributed by atoms with Crippen molar-refractivity contribution in [2.45, 2.75) is 12.5 Å². The predicted molar refractivity (Wildman–Crippen MR) is 86.6 cm³/mol. The predicted octanol–water partition coefficient (Wildman–Crippen LogP) is 3.10. The molecular formula is C16H17BrN2O3. The van der Waals surface area contributed by atoms with Crippen LogP contribution >= 0.6 is 15.9 Å². The number of carbonyl (C=O) groups is 1.